The number of amides is 1. The van der Waals surface area contributed by atoms with E-state index in [4.69, 9.17) is 27.9 Å². The van der Waals surface area contributed by atoms with Crippen molar-refractivity contribution in [2.45, 2.75) is 13.2 Å². The van der Waals surface area contributed by atoms with Gasteiger partial charge in [0.2, 0.25) is 0 Å². The molecule has 1 heterocycles. The molecule has 1 amide bonds. The number of aromatic nitrogens is 1. The van der Waals surface area contributed by atoms with Crippen molar-refractivity contribution in [3.05, 3.63) is 135 Å². The lowest BCUT2D eigenvalue weighted by Crippen LogP contribution is -2.18. The predicted octanol–water partition coefficient (Wildman–Crippen LogP) is 7.48. The highest BCUT2D eigenvalue weighted by Gasteiger charge is 2.13. The topological polar surface area (TPSA) is 55.6 Å². The van der Waals surface area contributed by atoms with E-state index in [0.717, 1.165) is 27.6 Å². The third-order valence-corrected chi connectivity index (χ3v) is 6.57. The van der Waals surface area contributed by atoms with Gasteiger partial charge in [0.05, 0.1) is 11.8 Å². The maximum absolute atomic E-state index is 13.3. The number of halogens is 3. The van der Waals surface area contributed by atoms with Crippen LogP contribution in [-0.2, 0) is 13.2 Å². The molecule has 5 nitrogen and oxygen atoms in total. The molecule has 5 aromatic rings. The van der Waals surface area contributed by atoms with Gasteiger partial charge in [-0.1, -0.05) is 71.7 Å². The highest BCUT2D eigenvalue weighted by Crippen LogP contribution is 2.25. The summed E-state index contributed by atoms with van der Waals surface area (Å²) in [5.74, 6) is -0.272. The molecule has 0 atom stereocenters. The molecule has 0 unspecified atom stereocenters. The van der Waals surface area contributed by atoms with Crippen molar-refractivity contribution in [3.63, 3.8) is 0 Å². The molecule has 0 saturated heterocycles. The molecular weight excluding hydrogens is 524 g/mol. The largest absolute Gasteiger partial charge is 0.488 e. The molecule has 8 heteroatoms. The second-order valence-corrected chi connectivity index (χ2v) is 9.42. The van der Waals surface area contributed by atoms with Crippen molar-refractivity contribution in [2.75, 3.05) is 0 Å². The number of carbonyl (C=O) groups is 1. The fourth-order valence-corrected chi connectivity index (χ4v) is 4.55. The van der Waals surface area contributed by atoms with Crippen LogP contribution in [0.4, 0.5) is 4.39 Å². The van der Waals surface area contributed by atoms with E-state index in [-0.39, 0.29) is 12.4 Å². The standard InChI is InChI=1S/C30H22Cl2FN3O2/c31-23-12-11-21(27(32)15-23)19-38-29-8-4-2-6-26(29)30(37)35-34-16-22-18-36(28-7-3-1-5-25(22)28)17-20-9-13-24(33)14-10-20/h1-16,18H,17,19H2,(H,35,37)/b34-16+. The zero-order valence-electron chi connectivity index (χ0n) is 20.1. The van der Waals surface area contributed by atoms with Crippen LogP contribution in [0.5, 0.6) is 5.75 Å². The summed E-state index contributed by atoms with van der Waals surface area (Å²) < 4.78 is 21.3. The Kier molecular flexibility index (Phi) is 7.73. The molecule has 0 aliphatic carbocycles. The molecule has 0 fully saturated rings. The molecule has 0 aliphatic rings. The molecule has 1 N–H and O–H groups in total. The number of rotatable bonds is 8. The summed E-state index contributed by atoms with van der Waals surface area (Å²) >= 11 is 12.2. The molecule has 190 valence electrons. The van der Waals surface area contributed by atoms with Crippen molar-refractivity contribution in [2.24, 2.45) is 5.10 Å². The van der Waals surface area contributed by atoms with Crippen LogP contribution in [0.15, 0.2) is 102 Å². The summed E-state index contributed by atoms with van der Waals surface area (Å²) in [4.78, 5) is 12.9. The summed E-state index contributed by atoms with van der Waals surface area (Å²) in [6, 6.07) is 26.4. The number of hydrogen-bond acceptors (Lipinski definition) is 3. The fourth-order valence-electron chi connectivity index (χ4n) is 4.09. The Hall–Kier alpha value is -4.13. The van der Waals surface area contributed by atoms with E-state index in [1.807, 2.05) is 30.5 Å². The number of nitrogens with zero attached hydrogens (tertiary/aromatic N) is 2. The Balaban J connectivity index is 1.30. The molecule has 0 spiro atoms. The van der Waals surface area contributed by atoms with Crippen molar-refractivity contribution in [1.82, 2.24) is 9.99 Å². The van der Waals surface area contributed by atoms with Crippen LogP contribution in [-0.4, -0.2) is 16.7 Å². The number of ether oxygens (including phenoxy) is 1. The van der Waals surface area contributed by atoms with Crippen LogP contribution in [0.1, 0.15) is 27.0 Å². The van der Waals surface area contributed by atoms with Crippen molar-refractivity contribution in [1.29, 1.82) is 0 Å². The maximum Gasteiger partial charge on any atom is 0.275 e. The number of carbonyl (C=O) groups excluding carboxylic acids is 1. The van der Waals surface area contributed by atoms with Crippen LogP contribution in [0.2, 0.25) is 10.0 Å². The van der Waals surface area contributed by atoms with Gasteiger partial charge in [-0.2, -0.15) is 5.10 Å². The highest BCUT2D eigenvalue weighted by atomic mass is 35.5. The minimum Gasteiger partial charge on any atom is -0.488 e. The van der Waals surface area contributed by atoms with Crippen LogP contribution in [0, 0.1) is 5.82 Å². The first kappa shape index (κ1) is 25.5. The van der Waals surface area contributed by atoms with E-state index in [0.29, 0.717) is 27.9 Å². The number of hydrazone groups is 1. The lowest BCUT2D eigenvalue weighted by atomic mass is 10.2. The normalized spacial score (nSPS) is 11.2. The van der Waals surface area contributed by atoms with Gasteiger partial charge >= 0.3 is 0 Å². The van der Waals surface area contributed by atoms with Crippen LogP contribution in [0.3, 0.4) is 0 Å². The second-order valence-electron chi connectivity index (χ2n) is 8.58. The summed E-state index contributed by atoms with van der Waals surface area (Å²) in [6.45, 7) is 0.750. The maximum atomic E-state index is 13.3. The first-order valence-corrected chi connectivity index (χ1v) is 12.5. The van der Waals surface area contributed by atoms with E-state index in [1.165, 1.54) is 12.1 Å². The summed E-state index contributed by atoms with van der Waals surface area (Å²) in [6.07, 6.45) is 3.56. The Labute approximate surface area is 229 Å². The Morgan fingerprint density at radius 2 is 1.74 bits per heavy atom. The first-order valence-electron chi connectivity index (χ1n) is 11.8. The SMILES string of the molecule is O=C(N/N=C/c1cn(Cc2ccc(F)cc2)c2ccccc12)c1ccccc1OCc1ccc(Cl)cc1Cl. The minimum atomic E-state index is -0.408. The summed E-state index contributed by atoms with van der Waals surface area (Å²) in [5, 5.41) is 6.21. The van der Waals surface area contributed by atoms with E-state index in [1.54, 1.807) is 60.8 Å². The fraction of sp³-hybridized carbons (Fsp3) is 0.0667. The Morgan fingerprint density at radius 3 is 2.55 bits per heavy atom. The van der Waals surface area contributed by atoms with E-state index in [9.17, 15) is 9.18 Å². The van der Waals surface area contributed by atoms with Crippen LogP contribution >= 0.6 is 23.2 Å². The molecule has 0 aliphatic heterocycles. The van der Waals surface area contributed by atoms with Gasteiger partial charge in [-0.05, 0) is 48.0 Å². The van der Waals surface area contributed by atoms with Crippen LogP contribution < -0.4 is 10.2 Å². The molecule has 5 rings (SSSR count). The van der Waals surface area contributed by atoms with Gasteiger partial charge in [-0.3, -0.25) is 4.79 Å². The lowest BCUT2D eigenvalue weighted by molar-refractivity contribution is 0.0950. The predicted molar refractivity (Wildman–Crippen MR) is 150 cm³/mol. The van der Waals surface area contributed by atoms with Gasteiger partial charge in [0.25, 0.3) is 5.91 Å². The average molecular weight is 546 g/mol. The van der Waals surface area contributed by atoms with Crippen molar-refractivity contribution >= 4 is 46.2 Å². The van der Waals surface area contributed by atoms with E-state index >= 15 is 0 Å². The van der Waals surface area contributed by atoms with Gasteiger partial charge in [0.15, 0.2) is 0 Å². The second kappa shape index (κ2) is 11.5. The van der Waals surface area contributed by atoms with Crippen LogP contribution in [0.25, 0.3) is 10.9 Å². The number of fused-ring (bicyclic) bond motifs is 1. The van der Waals surface area contributed by atoms with Gasteiger partial charge in [-0.25, -0.2) is 9.82 Å². The molecule has 38 heavy (non-hydrogen) atoms. The van der Waals surface area contributed by atoms with Crippen molar-refractivity contribution < 1.29 is 13.9 Å². The average Bonchev–Trinajstić information content (AvgIpc) is 3.27. The van der Waals surface area contributed by atoms with Gasteiger partial charge in [0.1, 0.15) is 18.2 Å². The smallest absolute Gasteiger partial charge is 0.275 e. The Bertz CT molecular complexity index is 1630. The summed E-state index contributed by atoms with van der Waals surface area (Å²) in [7, 11) is 0. The molecule has 0 radical (unpaired) electrons. The monoisotopic (exact) mass is 545 g/mol. The molecule has 4 aromatic carbocycles. The van der Waals surface area contributed by atoms with Gasteiger partial charge < -0.3 is 9.30 Å². The molecular formula is C30H22Cl2FN3O2. The van der Waals surface area contributed by atoms with Gasteiger partial charge in [0, 0.05) is 44.8 Å². The number of benzene rings is 4. The Morgan fingerprint density at radius 1 is 0.974 bits per heavy atom. The lowest BCUT2D eigenvalue weighted by Gasteiger charge is -2.11. The number of hydrogen-bond donors (Lipinski definition) is 1. The third kappa shape index (κ3) is 5.88. The minimum absolute atomic E-state index is 0.178. The number of nitrogens with one attached hydrogen (secondary N) is 1. The zero-order valence-corrected chi connectivity index (χ0v) is 21.6. The van der Waals surface area contributed by atoms with E-state index in [2.05, 4.69) is 15.1 Å². The first-order chi connectivity index (χ1) is 18.5. The highest BCUT2D eigenvalue weighted by molar-refractivity contribution is 6.35. The van der Waals surface area contributed by atoms with E-state index < -0.39 is 5.91 Å². The quantitative estimate of drug-likeness (QED) is 0.162. The zero-order chi connectivity index (χ0) is 26.5. The molecule has 0 bridgehead atoms. The number of para-hydroxylation sites is 2. The van der Waals surface area contributed by atoms with Crippen molar-refractivity contribution in [3.8, 4) is 5.75 Å². The third-order valence-electron chi connectivity index (χ3n) is 5.99. The van der Waals surface area contributed by atoms with Gasteiger partial charge in [-0.15, -0.1) is 0 Å². The molecule has 0 saturated carbocycles. The summed E-state index contributed by atoms with van der Waals surface area (Å²) in [5.41, 5.74) is 6.50. The molecule has 1 aromatic heterocycles.